The van der Waals surface area contributed by atoms with E-state index >= 15 is 0 Å². The number of fused-ring (bicyclic) bond motifs is 2. The molecule has 0 fully saturated rings. The normalized spacial score (nSPS) is 19.0. The second kappa shape index (κ2) is 12.0. The SMILES string of the molecule is CCCN1/C(=C/C=C/C=C/C=C/C2=[N+](CCC)c3ccc(S(=O)(=O)O)cc3C2(C)C)C(C)(C)c2cc(S(=O)(=O)O)ccc21. The molecular weight excluding hydrogens is 585 g/mol. The smallest absolute Gasteiger partial charge is 0.294 e. The van der Waals surface area contributed by atoms with Crippen molar-refractivity contribution in [1.82, 2.24) is 0 Å². The lowest BCUT2D eigenvalue weighted by Crippen LogP contribution is -2.27. The molecule has 0 aromatic heterocycles. The second-order valence-corrected chi connectivity index (χ2v) is 14.8. The maximum Gasteiger partial charge on any atom is 0.294 e. The van der Waals surface area contributed by atoms with E-state index in [1.54, 1.807) is 24.3 Å². The molecular formula is C33H41N2O6S2+. The minimum atomic E-state index is -4.30. The molecule has 0 unspecified atom stereocenters. The highest BCUT2D eigenvalue weighted by Gasteiger charge is 2.44. The highest BCUT2D eigenvalue weighted by Crippen LogP contribution is 2.48. The fourth-order valence-electron chi connectivity index (χ4n) is 6.04. The first-order valence-corrected chi connectivity index (χ1v) is 17.3. The number of benzene rings is 2. The summed E-state index contributed by atoms with van der Waals surface area (Å²) in [6.45, 7) is 13.9. The minimum absolute atomic E-state index is 0.106. The van der Waals surface area contributed by atoms with Crippen LogP contribution >= 0.6 is 0 Å². The lowest BCUT2D eigenvalue weighted by atomic mass is 9.81. The molecule has 0 spiro atoms. The van der Waals surface area contributed by atoms with E-state index in [4.69, 9.17) is 0 Å². The van der Waals surface area contributed by atoms with Crippen LogP contribution in [0.5, 0.6) is 0 Å². The van der Waals surface area contributed by atoms with Crippen LogP contribution in [0.3, 0.4) is 0 Å². The number of hydrogen-bond donors (Lipinski definition) is 2. The summed E-state index contributed by atoms with van der Waals surface area (Å²) in [4.78, 5) is 1.98. The molecule has 2 aromatic carbocycles. The molecule has 0 aliphatic carbocycles. The molecule has 2 aromatic rings. The maximum atomic E-state index is 11.8. The third kappa shape index (κ3) is 6.33. The van der Waals surface area contributed by atoms with Crippen LogP contribution in [0, 0.1) is 0 Å². The van der Waals surface area contributed by atoms with Crippen molar-refractivity contribution in [3.05, 3.63) is 95.8 Å². The summed E-state index contributed by atoms with van der Waals surface area (Å²) < 4.78 is 68.5. The van der Waals surface area contributed by atoms with E-state index in [1.807, 2.05) is 70.2 Å². The van der Waals surface area contributed by atoms with Crippen molar-refractivity contribution in [2.45, 2.75) is 75.0 Å². The molecule has 8 nitrogen and oxygen atoms in total. The van der Waals surface area contributed by atoms with Crippen molar-refractivity contribution in [2.75, 3.05) is 18.0 Å². The van der Waals surface area contributed by atoms with Gasteiger partial charge >= 0.3 is 0 Å². The number of allylic oxidation sites excluding steroid dienone is 8. The topological polar surface area (TPSA) is 115 Å². The van der Waals surface area contributed by atoms with Gasteiger partial charge in [0.1, 0.15) is 6.54 Å². The van der Waals surface area contributed by atoms with Crippen molar-refractivity contribution in [3.63, 3.8) is 0 Å². The summed E-state index contributed by atoms with van der Waals surface area (Å²) in [6.07, 6.45) is 15.6. The number of hydrogen-bond acceptors (Lipinski definition) is 5. The highest BCUT2D eigenvalue weighted by atomic mass is 32.2. The average Bonchev–Trinajstić information content (AvgIpc) is 3.26. The van der Waals surface area contributed by atoms with Gasteiger partial charge in [0, 0.05) is 47.5 Å². The first kappa shape index (κ1) is 32.6. The third-order valence-electron chi connectivity index (χ3n) is 8.17. The van der Waals surface area contributed by atoms with Crippen molar-refractivity contribution >= 4 is 37.3 Å². The number of rotatable bonds is 10. The first-order valence-electron chi connectivity index (χ1n) is 14.4. The van der Waals surface area contributed by atoms with E-state index in [2.05, 4.69) is 23.3 Å². The van der Waals surface area contributed by atoms with Crippen LogP contribution in [0.15, 0.2) is 94.4 Å². The van der Waals surface area contributed by atoms with Gasteiger partial charge in [-0.15, -0.1) is 0 Å². The monoisotopic (exact) mass is 625 g/mol. The van der Waals surface area contributed by atoms with Gasteiger partial charge < -0.3 is 4.90 Å². The number of nitrogens with zero attached hydrogens (tertiary/aromatic N) is 2. The van der Waals surface area contributed by atoms with E-state index in [0.29, 0.717) is 0 Å². The Hall–Kier alpha value is -3.31. The van der Waals surface area contributed by atoms with E-state index < -0.39 is 31.1 Å². The predicted octanol–water partition coefficient (Wildman–Crippen LogP) is 6.73. The standard InChI is InChI=1S/C33H40N2O6S2/c1-7-20-34-28-18-16-24(42(36,37)38)22-26(28)32(3,4)30(34)14-12-10-9-11-13-15-31-33(5,6)27-23-25(43(39,40)41)17-19-29(27)35(31)21-8-2/h9-19,22-23H,7-8,20-21H2,1-6H3,(H-,36,37,38,39,40,41)/p+1. The van der Waals surface area contributed by atoms with Crippen LogP contribution < -0.4 is 4.90 Å². The van der Waals surface area contributed by atoms with Crippen molar-refractivity contribution < 1.29 is 30.5 Å². The van der Waals surface area contributed by atoms with Crippen LogP contribution in [0.2, 0.25) is 0 Å². The zero-order valence-corrected chi connectivity index (χ0v) is 27.2. The molecule has 10 heteroatoms. The van der Waals surface area contributed by atoms with Crippen molar-refractivity contribution in [2.24, 2.45) is 0 Å². The molecule has 43 heavy (non-hydrogen) atoms. The molecule has 2 aliphatic heterocycles. The van der Waals surface area contributed by atoms with Crippen molar-refractivity contribution in [1.29, 1.82) is 0 Å². The van der Waals surface area contributed by atoms with E-state index in [-0.39, 0.29) is 9.79 Å². The molecule has 230 valence electrons. The zero-order chi connectivity index (χ0) is 31.8. The Kier molecular flexibility index (Phi) is 9.09. The molecule has 2 heterocycles. The largest absolute Gasteiger partial charge is 0.344 e. The Morgan fingerprint density at radius 3 is 1.95 bits per heavy atom. The van der Waals surface area contributed by atoms with Crippen LogP contribution in [-0.2, 0) is 31.1 Å². The molecule has 2 N–H and O–H groups in total. The molecule has 2 aliphatic rings. The zero-order valence-electron chi connectivity index (χ0n) is 25.6. The van der Waals surface area contributed by atoms with Gasteiger partial charge in [-0.1, -0.05) is 58.1 Å². The Bertz CT molecular complexity index is 1790. The van der Waals surface area contributed by atoms with Gasteiger partial charge in [0.15, 0.2) is 5.71 Å². The average molecular weight is 626 g/mol. The summed E-state index contributed by atoms with van der Waals surface area (Å²) in [5, 5.41) is 0. The molecule has 0 bridgehead atoms. The molecule has 0 saturated heterocycles. The summed E-state index contributed by atoms with van der Waals surface area (Å²) in [5.74, 6) is 0. The van der Waals surface area contributed by atoms with Gasteiger partial charge in [0.2, 0.25) is 5.69 Å². The Balaban J connectivity index is 1.57. The predicted molar refractivity (Wildman–Crippen MR) is 172 cm³/mol. The lowest BCUT2D eigenvalue weighted by molar-refractivity contribution is -0.437. The van der Waals surface area contributed by atoms with Gasteiger partial charge in [-0.3, -0.25) is 9.11 Å². The Morgan fingerprint density at radius 2 is 1.35 bits per heavy atom. The lowest BCUT2D eigenvalue weighted by Gasteiger charge is -2.26. The van der Waals surface area contributed by atoms with E-state index in [1.165, 1.54) is 12.1 Å². The molecule has 0 atom stereocenters. The molecule has 0 radical (unpaired) electrons. The first-order chi connectivity index (χ1) is 20.0. The summed E-state index contributed by atoms with van der Waals surface area (Å²) >= 11 is 0. The van der Waals surface area contributed by atoms with Crippen LogP contribution in [0.1, 0.15) is 65.5 Å². The highest BCUT2D eigenvalue weighted by molar-refractivity contribution is 7.86. The van der Waals surface area contributed by atoms with Crippen LogP contribution in [0.25, 0.3) is 0 Å². The fraction of sp³-hybridized carbons (Fsp3) is 0.364. The third-order valence-corrected chi connectivity index (χ3v) is 9.87. The Labute approximate surface area is 256 Å². The molecule has 0 amide bonds. The van der Waals surface area contributed by atoms with E-state index in [9.17, 15) is 25.9 Å². The summed E-state index contributed by atoms with van der Waals surface area (Å²) in [7, 11) is -8.60. The Morgan fingerprint density at radius 1 is 0.767 bits per heavy atom. The second-order valence-electron chi connectivity index (χ2n) is 11.9. The van der Waals surface area contributed by atoms with Crippen LogP contribution in [0.4, 0.5) is 11.4 Å². The minimum Gasteiger partial charge on any atom is -0.344 e. The van der Waals surface area contributed by atoms with Crippen LogP contribution in [-0.4, -0.2) is 49.3 Å². The van der Waals surface area contributed by atoms with Gasteiger partial charge in [0.05, 0.1) is 15.2 Å². The summed E-state index contributed by atoms with van der Waals surface area (Å²) in [6, 6.07) is 9.53. The van der Waals surface area contributed by atoms with Gasteiger partial charge in [-0.05, 0) is 62.2 Å². The van der Waals surface area contributed by atoms with Gasteiger partial charge in [0.25, 0.3) is 20.2 Å². The fourth-order valence-corrected chi connectivity index (χ4v) is 7.06. The number of anilines is 1. The molecule has 4 rings (SSSR count). The quantitative estimate of drug-likeness (QED) is 0.171. The maximum absolute atomic E-state index is 11.8. The summed E-state index contributed by atoms with van der Waals surface area (Å²) in [5.41, 5.74) is 4.74. The van der Waals surface area contributed by atoms with Gasteiger partial charge in [-0.25, -0.2) is 0 Å². The van der Waals surface area contributed by atoms with Crippen molar-refractivity contribution in [3.8, 4) is 0 Å². The molecule has 0 saturated carbocycles. The van der Waals surface area contributed by atoms with E-state index in [0.717, 1.165) is 59.8 Å². The van der Waals surface area contributed by atoms with Gasteiger partial charge in [-0.2, -0.15) is 21.4 Å².